The summed E-state index contributed by atoms with van der Waals surface area (Å²) in [6.07, 6.45) is 0.571. The number of nitrogens with zero attached hydrogens (tertiary/aromatic N) is 1. The van der Waals surface area contributed by atoms with Crippen molar-refractivity contribution in [1.29, 1.82) is 0 Å². The molecule has 0 radical (unpaired) electrons. The largest absolute Gasteiger partial charge is 0.352 e. The van der Waals surface area contributed by atoms with Crippen LogP contribution in [0.25, 0.3) is 0 Å². The summed E-state index contributed by atoms with van der Waals surface area (Å²) >= 11 is 1.51. The fraction of sp³-hybridized carbons (Fsp3) is 0.231. The zero-order valence-corrected chi connectivity index (χ0v) is 11.1. The lowest BCUT2D eigenvalue weighted by Crippen LogP contribution is -2.26. The lowest BCUT2D eigenvalue weighted by atomic mass is 10.2. The third-order valence-corrected chi connectivity index (χ3v) is 3.51. The van der Waals surface area contributed by atoms with Gasteiger partial charge in [-0.1, -0.05) is 6.07 Å². The number of carbonyl (C=O) groups excluding carboxylic acids is 1. The highest BCUT2D eigenvalue weighted by Crippen LogP contribution is 2.11. The molecule has 0 atom stereocenters. The Hall–Kier alpha value is -1.82. The zero-order chi connectivity index (χ0) is 13.8. The molecule has 0 saturated carbocycles. The number of hydrogen-bond donors (Lipinski definition) is 1. The Morgan fingerprint density at radius 2 is 2.21 bits per heavy atom. The molecular formula is C13H12F2N2OS. The van der Waals surface area contributed by atoms with Crippen molar-refractivity contribution in [2.24, 2.45) is 0 Å². The molecule has 19 heavy (non-hydrogen) atoms. The topological polar surface area (TPSA) is 42.0 Å². The summed E-state index contributed by atoms with van der Waals surface area (Å²) in [5.41, 5.74) is 0.651. The van der Waals surface area contributed by atoms with Gasteiger partial charge in [-0.05, 0) is 19.1 Å². The van der Waals surface area contributed by atoms with Gasteiger partial charge in [0.1, 0.15) is 0 Å². The van der Waals surface area contributed by atoms with Gasteiger partial charge in [0, 0.05) is 24.0 Å². The molecule has 1 aromatic carbocycles. The summed E-state index contributed by atoms with van der Waals surface area (Å²) in [5, 5.41) is 5.37. The van der Waals surface area contributed by atoms with Crippen molar-refractivity contribution in [3.8, 4) is 0 Å². The van der Waals surface area contributed by atoms with Crippen LogP contribution in [-0.4, -0.2) is 17.4 Å². The molecule has 0 aliphatic carbocycles. The van der Waals surface area contributed by atoms with Gasteiger partial charge in [-0.25, -0.2) is 13.8 Å². The first-order valence-electron chi connectivity index (χ1n) is 5.71. The number of amides is 1. The first-order chi connectivity index (χ1) is 9.08. The van der Waals surface area contributed by atoms with Gasteiger partial charge in [0.15, 0.2) is 11.6 Å². The molecule has 1 amide bonds. The molecule has 3 nitrogen and oxygen atoms in total. The average molecular weight is 282 g/mol. The Kier molecular flexibility index (Phi) is 4.21. The molecule has 0 unspecified atom stereocenters. The minimum atomic E-state index is -1.12. The number of rotatable bonds is 4. The van der Waals surface area contributed by atoms with Crippen molar-refractivity contribution in [1.82, 2.24) is 10.3 Å². The quantitative estimate of drug-likeness (QED) is 0.937. The monoisotopic (exact) mass is 282 g/mol. The number of hydrogen-bond acceptors (Lipinski definition) is 3. The number of nitrogens with one attached hydrogen (secondary N) is 1. The van der Waals surface area contributed by atoms with Crippen molar-refractivity contribution in [3.63, 3.8) is 0 Å². The zero-order valence-electron chi connectivity index (χ0n) is 10.2. The van der Waals surface area contributed by atoms with E-state index in [1.807, 2.05) is 12.3 Å². The second kappa shape index (κ2) is 5.88. The fourth-order valence-corrected chi connectivity index (χ4v) is 2.35. The Morgan fingerprint density at radius 1 is 1.42 bits per heavy atom. The summed E-state index contributed by atoms with van der Waals surface area (Å²) in [6.45, 7) is 2.22. The van der Waals surface area contributed by atoms with Crippen LogP contribution in [0, 0.1) is 18.6 Å². The molecule has 1 heterocycles. The van der Waals surface area contributed by atoms with Crippen LogP contribution in [-0.2, 0) is 6.42 Å². The summed E-state index contributed by atoms with van der Waals surface area (Å²) in [4.78, 5) is 15.9. The Bertz CT molecular complexity index is 598. The summed E-state index contributed by atoms with van der Waals surface area (Å²) in [5.74, 6) is -2.77. The number of aromatic nitrogens is 1. The highest BCUT2D eigenvalue weighted by molar-refractivity contribution is 7.09. The highest BCUT2D eigenvalue weighted by Gasteiger charge is 2.14. The third kappa shape index (κ3) is 3.35. The maximum Gasteiger partial charge on any atom is 0.254 e. The first kappa shape index (κ1) is 13.6. The number of aryl methyl sites for hydroxylation is 1. The van der Waals surface area contributed by atoms with Crippen LogP contribution >= 0.6 is 11.3 Å². The highest BCUT2D eigenvalue weighted by atomic mass is 32.1. The minimum absolute atomic E-state index is 0.282. The molecule has 2 rings (SSSR count). The summed E-state index contributed by atoms with van der Waals surface area (Å²) < 4.78 is 26.3. The van der Waals surface area contributed by atoms with E-state index in [0.29, 0.717) is 13.0 Å². The molecule has 0 aliphatic heterocycles. The average Bonchev–Trinajstić information content (AvgIpc) is 2.78. The van der Waals surface area contributed by atoms with Gasteiger partial charge in [0.2, 0.25) is 0 Å². The van der Waals surface area contributed by atoms with E-state index in [-0.39, 0.29) is 5.56 Å². The third-order valence-electron chi connectivity index (χ3n) is 2.49. The van der Waals surface area contributed by atoms with E-state index in [2.05, 4.69) is 10.3 Å². The van der Waals surface area contributed by atoms with Crippen LogP contribution in [0.4, 0.5) is 8.78 Å². The van der Waals surface area contributed by atoms with E-state index >= 15 is 0 Å². The van der Waals surface area contributed by atoms with E-state index in [1.165, 1.54) is 23.5 Å². The molecule has 0 bridgehead atoms. The first-order valence-corrected chi connectivity index (χ1v) is 6.59. The standard InChI is InChI=1S/C13H12F2N2OS/c1-8-7-19-11(17-8)5-6-16-13(18)9-3-2-4-10(14)12(9)15/h2-4,7H,5-6H2,1H3,(H,16,18). The van der Waals surface area contributed by atoms with Crippen molar-refractivity contribution >= 4 is 17.2 Å². The van der Waals surface area contributed by atoms with E-state index in [4.69, 9.17) is 0 Å². The molecule has 1 N–H and O–H groups in total. The smallest absolute Gasteiger partial charge is 0.254 e. The van der Waals surface area contributed by atoms with Gasteiger partial charge in [-0.3, -0.25) is 4.79 Å². The molecule has 100 valence electrons. The van der Waals surface area contributed by atoms with Crippen LogP contribution in [0.5, 0.6) is 0 Å². The molecule has 0 spiro atoms. The van der Waals surface area contributed by atoms with Crippen LogP contribution in [0.2, 0.25) is 0 Å². The lowest BCUT2D eigenvalue weighted by molar-refractivity contribution is 0.0949. The van der Waals surface area contributed by atoms with Gasteiger partial charge < -0.3 is 5.32 Å². The summed E-state index contributed by atoms with van der Waals surface area (Å²) in [7, 11) is 0. The van der Waals surface area contributed by atoms with E-state index in [0.717, 1.165) is 16.8 Å². The minimum Gasteiger partial charge on any atom is -0.352 e. The van der Waals surface area contributed by atoms with Crippen LogP contribution in [0.1, 0.15) is 21.1 Å². The SMILES string of the molecule is Cc1csc(CCNC(=O)c2cccc(F)c2F)n1. The predicted molar refractivity (Wildman–Crippen MR) is 69.2 cm³/mol. The van der Waals surface area contributed by atoms with Gasteiger partial charge in [0.25, 0.3) is 5.91 Å². The second-order valence-corrected chi connectivity index (χ2v) is 4.93. The summed E-state index contributed by atoms with van der Waals surface area (Å²) in [6, 6.07) is 3.53. The van der Waals surface area contributed by atoms with Crippen molar-refractivity contribution in [2.75, 3.05) is 6.54 Å². The second-order valence-electron chi connectivity index (χ2n) is 3.99. The molecule has 0 saturated heterocycles. The Morgan fingerprint density at radius 3 is 2.89 bits per heavy atom. The Balaban J connectivity index is 1.93. The molecule has 6 heteroatoms. The van der Waals surface area contributed by atoms with Gasteiger partial charge in [0.05, 0.1) is 10.6 Å². The molecular weight excluding hydrogens is 270 g/mol. The maximum absolute atomic E-state index is 13.4. The lowest BCUT2D eigenvalue weighted by Gasteiger charge is -2.05. The van der Waals surface area contributed by atoms with Crippen molar-refractivity contribution < 1.29 is 13.6 Å². The number of halogens is 2. The van der Waals surface area contributed by atoms with E-state index in [1.54, 1.807) is 0 Å². The van der Waals surface area contributed by atoms with E-state index in [9.17, 15) is 13.6 Å². The number of carbonyl (C=O) groups is 1. The van der Waals surface area contributed by atoms with Gasteiger partial charge >= 0.3 is 0 Å². The molecule has 1 aromatic heterocycles. The molecule has 0 fully saturated rings. The van der Waals surface area contributed by atoms with Crippen molar-refractivity contribution in [2.45, 2.75) is 13.3 Å². The van der Waals surface area contributed by atoms with Crippen LogP contribution in [0.3, 0.4) is 0 Å². The van der Waals surface area contributed by atoms with Crippen molar-refractivity contribution in [3.05, 3.63) is 51.5 Å². The molecule has 0 aliphatic rings. The fourth-order valence-electron chi connectivity index (χ4n) is 1.57. The number of thiazole rings is 1. The predicted octanol–water partition coefficient (Wildman–Crippen LogP) is 2.70. The maximum atomic E-state index is 13.4. The number of benzene rings is 1. The Labute approximate surface area is 113 Å². The van der Waals surface area contributed by atoms with Gasteiger partial charge in [-0.2, -0.15) is 0 Å². The van der Waals surface area contributed by atoms with E-state index < -0.39 is 17.5 Å². The van der Waals surface area contributed by atoms with Crippen LogP contribution in [0.15, 0.2) is 23.6 Å². The normalized spacial score (nSPS) is 10.5. The molecule has 2 aromatic rings. The van der Waals surface area contributed by atoms with Crippen LogP contribution < -0.4 is 5.32 Å². The van der Waals surface area contributed by atoms with Gasteiger partial charge in [-0.15, -0.1) is 11.3 Å².